The van der Waals surface area contributed by atoms with E-state index in [-0.39, 0.29) is 0 Å². The van der Waals surface area contributed by atoms with Crippen LogP contribution in [0.3, 0.4) is 0 Å². The second-order valence-corrected chi connectivity index (χ2v) is 4.66. The molecule has 0 amide bonds. The first-order valence-corrected chi connectivity index (χ1v) is 6.22. The van der Waals surface area contributed by atoms with Crippen molar-refractivity contribution >= 4 is 11.5 Å². The van der Waals surface area contributed by atoms with Crippen molar-refractivity contribution in [3.05, 3.63) is 12.3 Å². The molecule has 5 nitrogen and oxygen atoms in total. The van der Waals surface area contributed by atoms with Crippen LogP contribution in [0, 0.1) is 0 Å². The van der Waals surface area contributed by atoms with Gasteiger partial charge in [-0.05, 0) is 0 Å². The number of alkyl halides is 3. The third-order valence-electron chi connectivity index (χ3n) is 3.20. The average molecular weight is 290 g/mol. The van der Waals surface area contributed by atoms with E-state index in [2.05, 4.69) is 4.98 Å². The van der Waals surface area contributed by atoms with Crippen molar-refractivity contribution in [1.82, 2.24) is 9.88 Å². The van der Waals surface area contributed by atoms with E-state index in [1.54, 1.807) is 6.07 Å². The molecule has 2 rings (SSSR count). The molecule has 0 aromatic carbocycles. The summed E-state index contributed by atoms with van der Waals surface area (Å²) in [6.07, 6.45) is -2.65. The van der Waals surface area contributed by atoms with Crippen LogP contribution in [-0.2, 0) is 0 Å². The molecule has 0 atom stereocenters. The number of rotatable bonds is 3. The SMILES string of the molecule is COc1cc(N2CCN(CC(F)(F)F)CC2)ncc1N. The minimum absolute atomic E-state index is 0.355. The Balaban J connectivity index is 1.97. The van der Waals surface area contributed by atoms with Gasteiger partial charge in [-0.15, -0.1) is 0 Å². The minimum atomic E-state index is -4.15. The number of hydrogen-bond donors (Lipinski definition) is 1. The number of nitrogens with two attached hydrogens (primary N) is 1. The molecule has 2 N–H and O–H groups in total. The lowest BCUT2D eigenvalue weighted by Crippen LogP contribution is -2.49. The number of nitrogen functional groups attached to an aromatic ring is 1. The van der Waals surface area contributed by atoms with Gasteiger partial charge in [0.25, 0.3) is 0 Å². The highest BCUT2D eigenvalue weighted by molar-refractivity contribution is 5.57. The van der Waals surface area contributed by atoms with Crippen molar-refractivity contribution in [2.24, 2.45) is 0 Å². The van der Waals surface area contributed by atoms with E-state index in [9.17, 15) is 13.2 Å². The quantitative estimate of drug-likeness (QED) is 0.911. The summed E-state index contributed by atoms with van der Waals surface area (Å²) in [5.74, 6) is 1.19. The van der Waals surface area contributed by atoms with Gasteiger partial charge < -0.3 is 15.4 Å². The number of methoxy groups -OCH3 is 1. The Kier molecular flexibility index (Phi) is 4.22. The van der Waals surface area contributed by atoms with Gasteiger partial charge in [-0.1, -0.05) is 0 Å². The van der Waals surface area contributed by atoms with E-state index in [1.807, 2.05) is 4.90 Å². The Morgan fingerprint density at radius 1 is 1.30 bits per heavy atom. The van der Waals surface area contributed by atoms with Crippen LogP contribution < -0.4 is 15.4 Å². The second kappa shape index (κ2) is 5.74. The zero-order chi connectivity index (χ0) is 14.8. The van der Waals surface area contributed by atoms with Gasteiger partial charge in [0.15, 0.2) is 0 Å². The van der Waals surface area contributed by atoms with E-state index in [0.717, 1.165) is 0 Å². The van der Waals surface area contributed by atoms with Crippen LogP contribution in [0.2, 0.25) is 0 Å². The average Bonchev–Trinajstić information content (AvgIpc) is 2.38. The molecule has 0 spiro atoms. The molecule has 1 aliphatic heterocycles. The molecule has 1 aromatic rings. The van der Waals surface area contributed by atoms with Crippen LogP contribution in [0.15, 0.2) is 12.3 Å². The number of ether oxygens (including phenoxy) is 1. The minimum Gasteiger partial charge on any atom is -0.494 e. The highest BCUT2D eigenvalue weighted by Gasteiger charge is 2.32. The summed E-state index contributed by atoms with van der Waals surface area (Å²) in [7, 11) is 1.51. The fraction of sp³-hybridized carbons (Fsp3) is 0.583. The number of anilines is 2. The zero-order valence-electron chi connectivity index (χ0n) is 11.2. The summed E-state index contributed by atoms with van der Waals surface area (Å²) < 4.78 is 42.0. The van der Waals surface area contributed by atoms with Crippen LogP contribution in [0.4, 0.5) is 24.7 Å². The van der Waals surface area contributed by atoms with Gasteiger partial charge >= 0.3 is 6.18 Å². The highest BCUT2D eigenvalue weighted by atomic mass is 19.4. The summed E-state index contributed by atoms with van der Waals surface area (Å²) in [5, 5.41) is 0. The topological polar surface area (TPSA) is 54.6 Å². The van der Waals surface area contributed by atoms with Gasteiger partial charge in [0.1, 0.15) is 11.6 Å². The molecule has 0 radical (unpaired) electrons. The summed E-state index contributed by atoms with van der Waals surface area (Å²) in [6.45, 7) is 0.841. The normalized spacial score (nSPS) is 17.3. The maximum Gasteiger partial charge on any atom is 0.401 e. The van der Waals surface area contributed by atoms with E-state index < -0.39 is 12.7 Å². The van der Waals surface area contributed by atoms with Crippen molar-refractivity contribution in [1.29, 1.82) is 0 Å². The molecule has 1 saturated heterocycles. The number of nitrogens with zero attached hydrogens (tertiary/aromatic N) is 3. The van der Waals surface area contributed by atoms with E-state index in [4.69, 9.17) is 10.5 Å². The second-order valence-electron chi connectivity index (χ2n) is 4.66. The molecule has 0 saturated carbocycles. The number of hydrogen-bond acceptors (Lipinski definition) is 5. The molecule has 0 unspecified atom stereocenters. The predicted molar refractivity (Wildman–Crippen MR) is 69.9 cm³/mol. The van der Waals surface area contributed by atoms with Crippen molar-refractivity contribution in [3.8, 4) is 5.75 Å². The zero-order valence-corrected chi connectivity index (χ0v) is 11.2. The van der Waals surface area contributed by atoms with Gasteiger partial charge in [-0.25, -0.2) is 4.98 Å². The molecular formula is C12H17F3N4O. The molecule has 20 heavy (non-hydrogen) atoms. The highest BCUT2D eigenvalue weighted by Crippen LogP contribution is 2.26. The summed E-state index contributed by atoms with van der Waals surface area (Å²) in [6, 6.07) is 1.70. The molecule has 1 aromatic heterocycles. The van der Waals surface area contributed by atoms with Crippen LogP contribution in [-0.4, -0.2) is 55.9 Å². The summed E-state index contributed by atoms with van der Waals surface area (Å²) >= 11 is 0. The first kappa shape index (κ1) is 14.7. The van der Waals surface area contributed by atoms with Crippen molar-refractivity contribution in [2.75, 3.05) is 50.5 Å². The van der Waals surface area contributed by atoms with Crippen LogP contribution >= 0.6 is 0 Å². The third-order valence-corrected chi connectivity index (χ3v) is 3.20. The van der Waals surface area contributed by atoms with E-state index in [0.29, 0.717) is 43.4 Å². The summed E-state index contributed by atoms with van der Waals surface area (Å²) in [4.78, 5) is 7.51. The first-order valence-electron chi connectivity index (χ1n) is 6.22. The first-order chi connectivity index (χ1) is 9.39. The third kappa shape index (κ3) is 3.66. The standard InChI is InChI=1S/C12H17F3N4O/c1-20-10-6-11(17-7-9(10)16)19-4-2-18(3-5-19)8-12(13,14)15/h6-7H,2-5,8,16H2,1H3. The maximum atomic E-state index is 12.3. The molecule has 112 valence electrons. The Bertz CT molecular complexity index is 459. The Labute approximate surface area is 115 Å². The van der Waals surface area contributed by atoms with Crippen LogP contribution in [0.1, 0.15) is 0 Å². The fourth-order valence-electron chi connectivity index (χ4n) is 2.18. The smallest absolute Gasteiger partial charge is 0.401 e. The predicted octanol–water partition coefficient (Wildman–Crippen LogP) is 1.36. The molecule has 0 aliphatic carbocycles. The van der Waals surface area contributed by atoms with Gasteiger partial charge in [0.2, 0.25) is 0 Å². The summed E-state index contributed by atoms with van der Waals surface area (Å²) in [5.41, 5.74) is 6.12. The number of piperazine rings is 1. The van der Waals surface area contributed by atoms with E-state index in [1.165, 1.54) is 18.2 Å². The lowest BCUT2D eigenvalue weighted by molar-refractivity contribution is -0.146. The lowest BCUT2D eigenvalue weighted by atomic mass is 10.3. The molecular weight excluding hydrogens is 273 g/mol. The molecule has 2 heterocycles. The van der Waals surface area contributed by atoms with Crippen LogP contribution in [0.25, 0.3) is 0 Å². The van der Waals surface area contributed by atoms with Gasteiger partial charge in [0.05, 0.1) is 25.5 Å². The maximum absolute atomic E-state index is 12.3. The van der Waals surface area contributed by atoms with Crippen molar-refractivity contribution < 1.29 is 17.9 Å². The Morgan fingerprint density at radius 2 is 1.95 bits per heavy atom. The fourth-order valence-corrected chi connectivity index (χ4v) is 2.18. The van der Waals surface area contributed by atoms with Crippen molar-refractivity contribution in [2.45, 2.75) is 6.18 Å². The van der Waals surface area contributed by atoms with E-state index >= 15 is 0 Å². The molecule has 0 bridgehead atoms. The monoisotopic (exact) mass is 290 g/mol. The van der Waals surface area contributed by atoms with Gasteiger partial charge in [-0.3, -0.25) is 4.90 Å². The van der Waals surface area contributed by atoms with Crippen molar-refractivity contribution in [3.63, 3.8) is 0 Å². The molecule has 8 heteroatoms. The number of halogens is 3. The van der Waals surface area contributed by atoms with Gasteiger partial charge in [-0.2, -0.15) is 13.2 Å². The largest absolute Gasteiger partial charge is 0.494 e. The number of pyridine rings is 1. The molecule has 1 fully saturated rings. The van der Waals surface area contributed by atoms with Gasteiger partial charge in [0, 0.05) is 32.2 Å². The molecule has 1 aliphatic rings. The Hall–Kier alpha value is -1.70. The lowest BCUT2D eigenvalue weighted by Gasteiger charge is -2.35. The van der Waals surface area contributed by atoms with Crippen LogP contribution in [0.5, 0.6) is 5.75 Å². The Morgan fingerprint density at radius 3 is 2.50 bits per heavy atom. The number of aromatic nitrogens is 1.